The number of rotatable bonds is 2. The van der Waals surface area contributed by atoms with E-state index in [1.54, 1.807) is 6.07 Å². The Morgan fingerprint density at radius 1 is 1.20 bits per heavy atom. The van der Waals surface area contributed by atoms with E-state index in [4.69, 9.17) is 4.74 Å². The van der Waals surface area contributed by atoms with Gasteiger partial charge < -0.3 is 9.84 Å². The summed E-state index contributed by atoms with van der Waals surface area (Å²) in [7, 11) is 0. The molecule has 1 aliphatic rings. The highest BCUT2D eigenvalue weighted by molar-refractivity contribution is 9.10. The van der Waals surface area contributed by atoms with E-state index in [0.717, 1.165) is 34.2 Å². The Bertz CT molecular complexity index is 679. The minimum Gasteiger partial charge on any atom is -0.493 e. The molecule has 2 aromatic carbocycles. The fraction of sp³-hybridized carbons (Fsp3) is 0.188. The molecule has 0 atom stereocenters. The lowest BCUT2D eigenvalue weighted by Crippen LogP contribution is -2.10. The van der Waals surface area contributed by atoms with Crippen LogP contribution in [-0.4, -0.2) is 17.7 Å². The first kappa shape index (κ1) is 13.2. The molecule has 0 unspecified atom stereocenters. The number of hydrogen-bond donors (Lipinski definition) is 1. The van der Waals surface area contributed by atoms with Gasteiger partial charge in [0.15, 0.2) is 0 Å². The maximum Gasteiger partial charge on any atom is 0.336 e. The molecule has 0 aliphatic carbocycles. The Labute approximate surface area is 125 Å². The second-order valence-electron chi connectivity index (χ2n) is 4.74. The number of aromatic carboxylic acids is 1. The van der Waals surface area contributed by atoms with Crippen molar-refractivity contribution in [3.8, 4) is 16.9 Å². The molecule has 0 amide bonds. The lowest BCUT2D eigenvalue weighted by Gasteiger charge is -2.21. The van der Waals surface area contributed by atoms with E-state index in [0.29, 0.717) is 12.2 Å². The van der Waals surface area contributed by atoms with Gasteiger partial charge in [0.05, 0.1) is 12.2 Å². The van der Waals surface area contributed by atoms with Gasteiger partial charge in [0, 0.05) is 10.0 Å². The predicted octanol–water partition coefficient (Wildman–Crippen LogP) is 4.14. The number of aryl methyl sites for hydroxylation is 1. The number of hydrogen-bond acceptors (Lipinski definition) is 2. The molecule has 3 nitrogen and oxygen atoms in total. The van der Waals surface area contributed by atoms with E-state index in [2.05, 4.69) is 15.9 Å². The standard InChI is InChI=1S/C16H13BrO3/c17-11-6-7-12(14(9-11)16(18)19)13-5-1-3-10-4-2-8-20-15(10)13/h1,3,5-7,9H,2,4,8H2,(H,18,19). The Morgan fingerprint density at radius 3 is 2.85 bits per heavy atom. The lowest BCUT2D eigenvalue weighted by molar-refractivity contribution is 0.0697. The van der Waals surface area contributed by atoms with Crippen LogP contribution in [0.1, 0.15) is 22.3 Å². The summed E-state index contributed by atoms with van der Waals surface area (Å²) in [5, 5.41) is 9.39. The molecule has 0 saturated carbocycles. The summed E-state index contributed by atoms with van der Waals surface area (Å²) in [6.07, 6.45) is 1.98. The third-order valence-electron chi connectivity index (χ3n) is 3.44. The fourth-order valence-corrected chi connectivity index (χ4v) is 2.89. The highest BCUT2D eigenvalue weighted by atomic mass is 79.9. The molecule has 0 saturated heterocycles. The smallest absolute Gasteiger partial charge is 0.336 e. The predicted molar refractivity (Wildman–Crippen MR) is 80.4 cm³/mol. The first-order valence-electron chi connectivity index (χ1n) is 6.45. The average Bonchev–Trinajstić information content (AvgIpc) is 2.46. The Morgan fingerprint density at radius 2 is 2.05 bits per heavy atom. The zero-order valence-corrected chi connectivity index (χ0v) is 12.3. The largest absolute Gasteiger partial charge is 0.493 e. The van der Waals surface area contributed by atoms with Gasteiger partial charge in [0.25, 0.3) is 0 Å². The molecule has 0 spiro atoms. The summed E-state index contributed by atoms with van der Waals surface area (Å²) < 4.78 is 6.52. The zero-order valence-electron chi connectivity index (χ0n) is 10.7. The summed E-state index contributed by atoms with van der Waals surface area (Å²) in [6.45, 7) is 0.683. The van der Waals surface area contributed by atoms with Crippen molar-refractivity contribution in [3.63, 3.8) is 0 Å². The average molecular weight is 333 g/mol. The minimum absolute atomic E-state index is 0.280. The van der Waals surface area contributed by atoms with Crippen molar-refractivity contribution in [2.24, 2.45) is 0 Å². The molecular weight excluding hydrogens is 320 g/mol. The minimum atomic E-state index is -0.935. The summed E-state index contributed by atoms with van der Waals surface area (Å²) in [4.78, 5) is 11.5. The van der Waals surface area contributed by atoms with Gasteiger partial charge in [-0.2, -0.15) is 0 Å². The van der Waals surface area contributed by atoms with Crippen molar-refractivity contribution in [1.82, 2.24) is 0 Å². The third kappa shape index (κ3) is 2.31. The van der Waals surface area contributed by atoms with E-state index in [1.165, 1.54) is 0 Å². The summed E-state index contributed by atoms with van der Waals surface area (Å²) in [5.41, 5.74) is 2.97. The van der Waals surface area contributed by atoms with Crippen LogP contribution in [-0.2, 0) is 6.42 Å². The van der Waals surface area contributed by atoms with Crippen LogP contribution in [0.2, 0.25) is 0 Å². The number of fused-ring (bicyclic) bond motifs is 1. The van der Waals surface area contributed by atoms with Crippen molar-refractivity contribution in [1.29, 1.82) is 0 Å². The second kappa shape index (κ2) is 5.29. The van der Waals surface area contributed by atoms with Crippen LogP contribution in [0.4, 0.5) is 0 Å². The van der Waals surface area contributed by atoms with E-state index in [9.17, 15) is 9.90 Å². The number of para-hydroxylation sites is 1. The number of halogens is 1. The molecule has 2 aromatic rings. The van der Waals surface area contributed by atoms with Crippen LogP contribution in [0.15, 0.2) is 40.9 Å². The van der Waals surface area contributed by atoms with Crippen LogP contribution >= 0.6 is 15.9 Å². The molecule has 0 aromatic heterocycles. The highest BCUT2D eigenvalue weighted by Crippen LogP contribution is 2.38. The monoisotopic (exact) mass is 332 g/mol. The van der Waals surface area contributed by atoms with Crippen molar-refractivity contribution in [2.75, 3.05) is 6.61 Å². The van der Waals surface area contributed by atoms with Crippen LogP contribution in [0, 0.1) is 0 Å². The Hall–Kier alpha value is -1.81. The van der Waals surface area contributed by atoms with Crippen LogP contribution < -0.4 is 4.74 Å². The van der Waals surface area contributed by atoms with Gasteiger partial charge >= 0.3 is 5.97 Å². The van der Waals surface area contributed by atoms with Gasteiger partial charge in [-0.1, -0.05) is 40.2 Å². The molecule has 1 heterocycles. The number of carboxylic acid groups (broad SMARTS) is 1. The quantitative estimate of drug-likeness (QED) is 0.898. The number of carbonyl (C=O) groups is 1. The number of ether oxygens (including phenoxy) is 1. The highest BCUT2D eigenvalue weighted by Gasteiger charge is 2.19. The first-order valence-corrected chi connectivity index (χ1v) is 7.24. The Balaban J connectivity index is 2.21. The second-order valence-corrected chi connectivity index (χ2v) is 5.66. The maximum atomic E-state index is 11.5. The molecule has 0 radical (unpaired) electrons. The summed E-state index contributed by atoms with van der Waals surface area (Å²) in [6, 6.07) is 11.2. The first-order chi connectivity index (χ1) is 9.66. The number of benzene rings is 2. The lowest BCUT2D eigenvalue weighted by atomic mass is 9.94. The summed E-state index contributed by atoms with van der Waals surface area (Å²) in [5.74, 6) is -0.113. The summed E-state index contributed by atoms with van der Waals surface area (Å²) >= 11 is 3.32. The van der Waals surface area contributed by atoms with Gasteiger partial charge in [-0.3, -0.25) is 0 Å². The van der Waals surface area contributed by atoms with Gasteiger partial charge in [-0.25, -0.2) is 4.79 Å². The van der Waals surface area contributed by atoms with Crippen molar-refractivity contribution in [2.45, 2.75) is 12.8 Å². The topological polar surface area (TPSA) is 46.5 Å². The van der Waals surface area contributed by atoms with Crippen LogP contribution in [0.3, 0.4) is 0 Å². The van der Waals surface area contributed by atoms with E-state index < -0.39 is 5.97 Å². The zero-order chi connectivity index (χ0) is 14.1. The SMILES string of the molecule is O=C(O)c1cc(Br)ccc1-c1cccc2c1OCCC2. The molecular formula is C16H13BrO3. The van der Waals surface area contributed by atoms with E-state index >= 15 is 0 Å². The van der Waals surface area contributed by atoms with Gasteiger partial charge in [-0.15, -0.1) is 0 Å². The molecule has 20 heavy (non-hydrogen) atoms. The van der Waals surface area contributed by atoms with Crippen molar-refractivity contribution >= 4 is 21.9 Å². The Kier molecular flexibility index (Phi) is 3.49. The number of carboxylic acids is 1. The van der Waals surface area contributed by atoms with Gasteiger partial charge in [-0.05, 0) is 36.1 Å². The van der Waals surface area contributed by atoms with E-state index in [1.807, 2.05) is 30.3 Å². The molecule has 1 N–H and O–H groups in total. The molecule has 0 bridgehead atoms. The molecule has 4 heteroatoms. The molecule has 102 valence electrons. The van der Waals surface area contributed by atoms with Crippen molar-refractivity contribution < 1.29 is 14.6 Å². The molecule has 3 rings (SSSR count). The van der Waals surface area contributed by atoms with Gasteiger partial charge in [0.2, 0.25) is 0 Å². The third-order valence-corrected chi connectivity index (χ3v) is 3.93. The van der Waals surface area contributed by atoms with E-state index in [-0.39, 0.29) is 5.56 Å². The molecule has 1 aliphatic heterocycles. The normalized spacial score (nSPS) is 13.4. The molecule has 0 fully saturated rings. The van der Waals surface area contributed by atoms with Crippen molar-refractivity contribution in [3.05, 3.63) is 52.0 Å². The van der Waals surface area contributed by atoms with Crippen LogP contribution in [0.5, 0.6) is 5.75 Å². The van der Waals surface area contributed by atoms with Gasteiger partial charge in [0.1, 0.15) is 5.75 Å². The fourth-order valence-electron chi connectivity index (χ4n) is 2.53. The maximum absolute atomic E-state index is 11.5. The van der Waals surface area contributed by atoms with Crippen LogP contribution in [0.25, 0.3) is 11.1 Å².